The van der Waals surface area contributed by atoms with E-state index in [4.69, 9.17) is 0 Å². The lowest BCUT2D eigenvalue weighted by Gasteiger charge is -2.57. The van der Waals surface area contributed by atoms with E-state index in [2.05, 4.69) is 17.4 Å². The zero-order valence-electron chi connectivity index (χ0n) is 24.7. The summed E-state index contributed by atoms with van der Waals surface area (Å²) in [5.41, 5.74) is 4.69. The van der Waals surface area contributed by atoms with Crippen LogP contribution in [0.2, 0.25) is 0 Å². The number of hydrogen-bond acceptors (Lipinski definition) is 3. The van der Waals surface area contributed by atoms with Crippen LogP contribution in [0.1, 0.15) is 60.9 Å². The molecular weight excluding hydrogens is 553 g/mol. The highest BCUT2D eigenvalue weighted by Crippen LogP contribution is 2.60. The van der Waals surface area contributed by atoms with Crippen LogP contribution in [0.5, 0.6) is 0 Å². The van der Waals surface area contributed by atoms with E-state index in [1.54, 1.807) is 24.3 Å². The van der Waals surface area contributed by atoms with Gasteiger partial charge in [-0.2, -0.15) is 0 Å². The van der Waals surface area contributed by atoms with Gasteiger partial charge in [0.25, 0.3) is 11.8 Å². The summed E-state index contributed by atoms with van der Waals surface area (Å²) < 4.78 is 16.6. The normalized spacial score (nSPS) is 27.0. The van der Waals surface area contributed by atoms with Gasteiger partial charge < -0.3 is 4.57 Å². The van der Waals surface area contributed by atoms with Crippen LogP contribution in [-0.2, 0) is 21.5 Å². The molecule has 0 unspecified atom stereocenters. The molecule has 4 bridgehead atoms. The smallest absolute Gasteiger partial charge is 0.335 e. The summed E-state index contributed by atoms with van der Waals surface area (Å²) in [4.78, 5) is 41.1. The first-order valence-corrected chi connectivity index (χ1v) is 15.6. The van der Waals surface area contributed by atoms with Gasteiger partial charge in [-0.3, -0.25) is 14.9 Å². The number of anilines is 1. The summed E-state index contributed by atoms with van der Waals surface area (Å²) in [5, 5.41) is 3.21. The molecule has 6 nitrogen and oxygen atoms in total. The number of barbiturate groups is 1. The third-order valence-corrected chi connectivity index (χ3v) is 10.7. The Labute approximate surface area is 255 Å². The lowest BCUT2D eigenvalue weighted by molar-refractivity contribution is -0.122. The van der Waals surface area contributed by atoms with Crippen molar-refractivity contribution in [3.8, 4) is 0 Å². The summed E-state index contributed by atoms with van der Waals surface area (Å²) in [5.74, 6) is 0.758. The van der Waals surface area contributed by atoms with Gasteiger partial charge >= 0.3 is 6.03 Å². The molecule has 4 amide bonds. The van der Waals surface area contributed by atoms with Gasteiger partial charge in [0, 0.05) is 27.7 Å². The van der Waals surface area contributed by atoms with Gasteiger partial charge in [0.15, 0.2) is 0 Å². The van der Waals surface area contributed by atoms with E-state index >= 15 is 0 Å². The van der Waals surface area contributed by atoms with E-state index < -0.39 is 17.8 Å². The van der Waals surface area contributed by atoms with Crippen molar-refractivity contribution in [2.75, 3.05) is 4.90 Å². The molecule has 2 heterocycles. The second-order valence-electron chi connectivity index (χ2n) is 13.4. The highest BCUT2D eigenvalue weighted by Gasteiger charge is 2.51. The summed E-state index contributed by atoms with van der Waals surface area (Å²) >= 11 is 0. The number of hydrogen-bond donors (Lipinski definition) is 1. The minimum atomic E-state index is -0.751. The number of halogens is 1. The Hall–Kier alpha value is -4.52. The maximum Gasteiger partial charge on any atom is 0.335 e. The molecule has 5 aliphatic rings. The molecular formula is C37H34FN3O3. The largest absolute Gasteiger partial charge is 0.340 e. The first-order valence-electron chi connectivity index (χ1n) is 15.6. The fourth-order valence-electron chi connectivity index (χ4n) is 9.11. The first kappa shape index (κ1) is 27.1. The zero-order chi connectivity index (χ0) is 30.2. The van der Waals surface area contributed by atoms with Crippen molar-refractivity contribution < 1.29 is 18.8 Å². The Bertz CT molecular complexity index is 1850. The number of urea groups is 1. The fourth-order valence-corrected chi connectivity index (χ4v) is 9.11. The van der Waals surface area contributed by atoms with Gasteiger partial charge in [-0.1, -0.05) is 48.5 Å². The van der Waals surface area contributed by atoms with Gasteiger partial charge in [0.05, 0.1) is 12.2 Å². The summed E-state index contributed by atoms with van der Waals surface area (Å²) in [7, 11) is 0. The van der Waals surface area contributed by atoms with Crippen LogP contribution in [0.25, 0.3) is 17.0 Å². The molecule has 0 radical (unpaired) electrons. The third kappa shape index (κ3) is 4.24. The fraction of sp³-hybridized carbons (Fsp3) is 0.324. The van der Waals surface area contributed by atoms with Crippen LogP contribution in [0.4, 0.5) is 14.9 Å². The maximum absolute atomic E-state index is 14.6. The number of amides is 4. The van der Waals surface area contributed by atoms with Crippen molar-refractivity contribution in [2.24, 2.45) is 17.8 Å². The molecule has 9 rings (SSSR count). The average Bonchev–Trinajstić information content (AvgIpc) is 3.26. The molecule has 1 N–H and O–H groups in total. The number of para-hydroxylation sites is 1. The minimum absolute atomic E-state index is 0.119. The SMILES string of the molecule is Cc1c(/C=C2\C(=O)NC(=O)N(c3ccc(C45CC6CC(CC(C6)C4)C5)cc3)C2=O)c2ccccc2n1Cc1ccccc1F. The first-order chi connectivity index (χ1) is 21.3. The molecule has 1 aromatic heterocycles. The zero-order valence-corrected chi connectivity index (χ0v) is 24.7. The Kier molecular flexibility index (Phi) is 6.16. The molecule has 4 saturated carbocycles. The Morgan fingerprint density at radius 3 is 2.18 bits per heavy atom. The number of aromatic nitrogens is 1. The topological polar surface area (TPSA) is 71.4 Å². The van der Waals surface area contributed by atoms with Gasteiger partial charge in [-0.05, 0) is 105 Å². The Morgan fingerprint density at radius 1 is 0.864 bits per heavy atom. The van der Waals surface area contributed by atoms with Gasteiger partial charge in [-0.25, -0.2) is 14.1 Å². The lowest BCUT2D eigenvalue weighted by atomic mass is 9.48. The highest BCUT2D eigenvalue weighted by atomic mass is 19.1. The van der Waals surface area contributed by atoms with Crippen molar-refractivity contribution in [1.29, 1.82) is 0 Å². The van der Waals surface area contributed by atoms with Gasteiger partial charge in [-0.15, -0.1) is 0 Å². The minimum Gasteiger partial charge on any atom is -0.340 e. The number of fused-ring (bicyclic) bond motifs is 1. The second-order valence-corrected chi connectivity index (χ2v) is 13.4. The monoisotopic (exact) mass is 587 g/mol. The van der Waals surface area contributed by atoms with Crippen molar-refractivity contribution in [3.63, 3.8) is 0 Å². The van der Waals surface area contributed by atoms with E-state index in [0.717, 1.165) is 39.3 Å². The van der Waals surface area contributed by atoms with E-state index in [0.29, 0.717) is 23.4 Å². The number of nitrogens with zero attached hydrogens (tertiary/aromatic N) is 2. The average molecular weight is 588 g/mol. The molecule has 5 fully saturated rings. The van der Waals surface area contributed by atoms with E-state index in [1.807, 2.05) is 47.9 Å². The van der Waals surface area contributed by atoms with Crippen LogP contribution in [0.3, 0.4) is 0 Å². The molecule has 4 aromatic rings. The van der Waals surface area contributed by atoms with E-state index in [9.17, 15) is 18.8 Å². The Balaban J connectivity index is 1.13. The molecule has 3 aromatic carbocycles. The van der Waals surface area contributed by atoms with Gasteiger partial charge in [0.2, 0.25) is 0 Å². The van der Waals surface area contributed by atoms with Crippen molar-refractivity contribution in [3.05, 3.63) is 107 Å². The van der Waals surface area contributed by atoms with E-state index in [-0.39, 0.29) is 16.8 Å². The summed E-state index contributed by atoms with van der Waals surface area (Å²) in [6.07, 6.45) is 9.35. The van der Waals surface area contributed by atoms with Gasteiger partial charge in [0.1, 0.15) is 11.4 Å². The van der Waals surface area contributed by atoms with Crippen molar-refractivity contribution >= 4 is 40.5 Å². The van der Waals surface area contributed by atoms with E-state index in [1.165, 1.54) is 50.2 Å². The quantitative estimate of drug-likeness (QED) is 0.197. The number of rotatable bonds is 5. The van der Waals surface area contributed by atoms with Crippen molar-refractivity contribution in [2.45, 2.75) is 57.4 Å². The molecule has 0 atom stereocenters. The Morgan fingerprint density at radius 2 is 1.50 bits per heavy atom. The lowest BCUT2D eigenvalue weighted by Crippen LogP contribution is -2.54. The molecule has 1 saturated heterocycles. The number of imide groups is 2. The van der Waals surface area contributed by atoms with Crippen LogP contribution >= 0.6 is 0 Å². The predicted octanol–water partition coefficient (Wildman–Crippen LogP) is 7.27. The molecule has 222 valence electrons. The third-order valence-electron chi connectivity index (χ3n) is 10.7. The van der Waals surface area contributed by atoms with Crippen LogP contribution in [0.15, 0.2) is 78.4 Å². The summed E-state index contributed by atoms with van der Waals surface area (Å²) in [6, 6.07) is 21.4. The maximum atomic E-state index is 14.6. The number of carbonyl (C=O) groups excluding carboxylic acids is 3. The molecule has 4 aliphatic carbocycles. The second kappa shape index (κ2) is 10.0. The van der Waals surface area contributed by atoms with Crippen LogP contribution in [-0.4, -0.2) is 22.4 Å². The number of nitrogens with one attached hydrogen (secondary N) is 1. The molecule has 44 heavy (non-hydrogen) atoms. The summed E-state index contributed by atoms with van der Waals surface area (Å²) in [6.45, 7) is 2.19. The number of benzene rings is 3. The number of carbonyl (C=O) groups is 3. The van der Waals surface area contributed by atoms with Crippen LogP contribution in [0, 0.1) is 30.5 Å². The molecule has 0 spiro atoms. The molecule has 1 aliphatic heterocycles. The standard InChI is InChI=1S/C37H34FN3O3/c1-22-30(29-7-3-5-9-33(29)40(22)21-26-6-2-4-8-32(26)38)17-31-34(42)39-36(44)41(35(31)43)28-12-10-27(11-13-28)37-18-23-14-24(19-37)16-25(15-23)20-37/h2-13,17,23-25H,14-16,18-21H2,1H3,(H,39,42,44)/b31-17+. The molecule has 7 heteroatoms. The van der Waals surface area contributed by atoms with Crippen LogP contribution < -0.4 is 10.2 Å². The van der Waals surface area contributed by atoms with Crippen molar-refractivity contribution in [1.82, 2.24) is 9.88 Å². The predicted molar refractivity (Wildman–Crippen MR) is 167 cm³/mol. The highest BCUT2D eigenvalue weighted by molar-refractivity contribution is 6.39.